The molecule has 1 aromatic carbocycles. The molecule has 0 spiro atoms. The molecule has 1 amide bonds. The van der Waals surface area contributed by atoms with E-state index in [1.54, 1.807) is 4.90 Å². The summed E-state index contributed by atoms with van der Waals surface area (Å²) in [5.41, 5.74) is 0.431. The lowest BCUT2D eigenvalue weighted by molar-refractivity contribution is -0.125. The van der Waals surface area contributed by atoms with Gasteiger partial charge in [-0.25, -0.2) is 0 Å². The molecule has 86 valence electrons. The fraction of sp³-hybridized carbons (Fsp3) is 0.462. The standard InChI is InChI=1S/C13H17NO2/c1-2-14(11-6-4-3-5-7-11)12(16)13(10-15)8-9-13/h3-7,15H,2,8-10H2,1H3. The van der Waals surface area contributed by atoms with Crippen LogP contribution in [0.1, 0.15) is 19.8 Å². The average Bonchev–Trinajstić information content (AvgIpc) is 3.12. The molecule has 3 nitrogen and oxygen atoms in total. The number of anilines is 1. The highest BCUT2D eigenvalue weighted by atomic mass is 16.3. The summed E-state index contributed by atoms with van der Waals surface area (Å²) in [6, 6.07) is 9.62. The normalized spacial score (nSPS) is 16.9. The van der Waals surface area contributed by atoms with Crippen LogP contribution in [0.25, 0.3) is 0 Å². The lowest BCUT2D eigenvalue weighted by atomic mass is 10.1. The Labute approximate surface area is 95.7 Å². The number of para-hydroxylation sites is 1. The monoisotopic (exact) mass is 219 g/mol. The largest absolute Gasteiger partial charge is 0.395 e. The SMILES string of the molecule is CCN(C(=O)C1(CO)CC1)c1ccccc1. The van der Waals surface area contributed by atoms with E-state index in [0.717, 1.165) is 18.5 Å². The topological polar surface area (TPSA) is 40.5 Å². The number of benzene rings is 1. The van der Waals surface area contributed by atoms with Gasteiger partial charge < -0.3 is 10.0 Å². The first kappa shape index (κ1) is 11.1. The van der Waals surface area contributed by atoms with Crippen molar-refractivity contribution in [3.05, 3.63) is 30.3 Å². The van der Waals surface area contributed by atoms with Gasteiger partial charge in [-0.15, -0.1) is 0 Å². The van der Waals surface area contributed by atoms with E-state index in [1.165, 1.54) is 0 Å². The van der Waals surface area contributed by atoms with Crippen molar-refractivity contribution >= 4 is 11.6 Å². The van der Waals surface area contributed by atoms with E-state index in [1.807, 2.05) is 37.3 Å². The number of nitrogens with zero attached hydrogens (tertiary/aromatic N) is 1. The molecule has 0 radical (unpaired) electrons. The van der Waals surface area contributed by atoms with Crippen molar-refractivity contribution in [3.63, 3.8) is 0 Å². The van der Waals surface area contributed by atoms with Gasteiger partial charge in [-0.1, -0.05) is 18.2 Å². The Morgan fingerprint density at radius 1 is 1.38 bits per heavy atom. The van der Waals surface area contributed by atoms with Crippen LogP contribution in [0.3, 0.4) is 0 Å². The third kappa shape index (κ3) is 1.83. The zero-order valence-corrected chi connectivity index (χ0v) is 9.52. The van der Waals surface area contributed by atoms with Gasteiger partial charge in [0.25, 0.3) is 0 Å². The van der Waals surface area contributed by atoms with E-state index in [4.69, 9.17) is 0 Å². The first-order chi connectivity index (χ1) is 7.73. The number of aliphatic hydroxyl groups is 1. The molecule has 0 atom stereocenters. The second-order valence-electron chi connectivity index (χ2n) is 4.32. The van der Waals surface area contributed by atoms with Gasteiger partial charge in [0.05, 0.1) is 12.0 Å². The minimum atomic E-state index is -0.480. The minimum absolute atomic E-state index is 0.0326. The summed E-state index contributed by atoms with van der Waals surface area (Å²) >= 11 is 0. The van der Waals surface area contributed by atoms with Crippen LogP contribution in [0, 0.1) is 5.41 Å². The maximum absolute atomic E-state index is 12.3. The molecule has 0 heterocycles. The maximum Gasteiger partial charge on any atom is 0.235 e. The van der Waals surface area contributed by atoms with Crippen molar-refractivity contribution in [2.75, 3.05) is 18.1 Å². The van der Waals surface area contributed by atoms with Gasteiger partial charge in [0.15, 0.2) is 0 Å². The zero-order chi connectivity index (χ0) is 11.6. The minimum Gasteiger partial charge on any atom is -0.395 e. The van der Waals surface area contributed by atoms with Gasteiger partial charge in [-0.05, 0) is 31.9 Å². The summed E-state index contributed by atoms with van der Waals surface area (Å²) < 4.78 is 0. The summed E-state index contributed by atoms with van der Waals surface area (Å²) in [5, 5.41) is 9.27. The molecule has 0 unspecified atom stereocenters. The van der Waals surface area contributed by atoms with Crippen molar-refractivity contribution in [2.45, 2.75) is 19.8 Å². The Morgan fingerprint density at radius 2 is 2.00 bits per heavy atom. The lowest BCUT2D eigenvalue weighted by Gasteiger charge is -2.25. The predicted molar refractivity (Wildman–Crippen MR) is 63.2 cm³/mol. The fourth-order valence-corrected chi connectivity index (χ4v) is 1.93. The van der Waals surface area contributed by atoms with Crippen LogP contribution in [-0.4, -0.2) is 24.2 Å². The van der Waals surface area contributed by atoms with Gasteiger partial charge in [-0.2, -0.15) is 0 Å². The maximum atomic E-state index is 12.3. The first-order valence-electron chi connectivity index (χ1n) is 5.71. The Balaban J connectivity index is 2.21. The molecule has 1 N–H and O–H groups in total. The Kier molecular flexibility index (Phi) is 2.97. The molecular weight excluding hydrogens is 202 g/mol. The van der Waals surface area contributed by atoms with E-state index >= 15 is 0 Å². The highest BCUT2D eigenvalue weighted by molar-refractivity contribution is 5.99. The second-order valence-corrected chi connectivity index (χ2v) is 4.32. The van der Waals surface area contributed by atoms with Crippen LogP contribution in [0.15, 0.2) is 30.3 Å². The molecule has 1 fully saturated rings. The molecule has 0 saturated heterocycles. The van der Waals surface area contributed by atoms with Crippen molar-refractivity contribution in [3.8, 4) is 0 Å². The molecule has 1 aromatic rings. The molecule has 1 saturated carbocycles. The third-order valence-corrected chi connectivity index (χ3v) is 3.24. The lowest BCUT2D eigenvalue weighted by Crippen LogP contribution is -2.38. The first-order valence-corrected chi connectivity index (χ1v) is 5.71. The van der Waals surface area contributed by atoms with E-state index in [9.17, 15) is 9.90 Å². The van der Waals surface area contributed by atoms with Crippen LogP contribution < -0.4 is 4.90 Å². The number of carbonyl (C=O) groups excluding carboxylic acids is 1. The van der Waals surface area contributed by atoms with Gasteiger partial charge in [-0.3, -0.25) is 4.79 Å². The van der Waals surface area contributed by atoms with Crippen molar-refractivity contribution < 1.29 is 9.90 Å². The third-order valence-electron chi connectivity index (χ3n) is 3.24. The van der Waals surface area contributed by atoms with Gasteiger partial charge in [0.1, 0.15) is 0 Å². The molecule has 2 rings (SSSR count). The van der Waals surface area contributed by atoms with Crippen LogP contribution >= 0.6 is 0 Å². The summed E-state index contributed by atoms with van der Waals surface area (Å²) in [6.07, 6.45) is 1.62. The quantitative estimate of drug-likeness (QED) is 0.839. The molecular formula is C13H17NO2. The molecule has 16 heavy (non-hydrogen) atoms. The molecule has 0 aromatic heterocycles. The molecule has 1 aliphatic rings. The molecule has 3 heteroatoms. The van der Waals surface area contributed by atoms with Crippen molar-refractivity contribution in [1.82, 2.24) is 0 Å². The fourth-order valence-electron chi connectivity index (χ4n) is 1.93. The zero-order valence-electron chi connectivity index (χ0n) is 9.52. The average molecular weight is 219 g/mol. The van der Waals surface area contributed by atoms with Gasteiger partial charge in [0, 0.05) is 12.2 Å². The number of amides is 1. The molecule has 1 aliphatic carbocycles. The molecule has 0 aliphatic heterocycles. The summed E-state index contributed by atoms with van der Waals surface area (Å²) in [6.45, 7) is 2.57. The number of aliphatic hydroxyl groups excluding tert-OH is 1. The van der Waals surface area contributed by atoms with Crippen LogP contribution in [0.2, 0.25) is 0 Å². The number of hydrogen-bond donors (Lipinski definition) is 1. The summed E-state index contributed by atoms with van der Waals surface area (Å²) in [5.74, 6) is 0.0590. The van der Waals surface area contributed by atoms with Gasteiger partial charge in [0.2, 0.25) is 5.91 Å². The van der Waals surface area contributed by atoms with E-state index in [-0.39, 0.29) is 12.5 Å². The van der Waals surface area contributed by atoms with Gasteiger partial charge >= 0.3 is 0 Å². The number of hydrogen-bond acceptors (Lipinski definition) is 2. The summed E-state index contributed by atoms with van der Waals surface area (Å²) in [7, 11) is 0. The van der Waals surface area contributed by atoms with Crippen molar-refractivity contribution in [1.29, 1.82) is 0 Å². The van der Waals surface area contributed by atoms with E-state index < -0.39 is 5.41 Å². The Bertz CT molecular complexity index is 371. The highest BCUT2D eigenvalue weighted by Crippen LogP contribution is 2.47. The van der Waals surface area contributed by atoms with E-state index in [0.29, 0.717) is 6.54 Å². The smallest absolute Gasteiger partial charge is 0.235 e. The van der Waals surface area contributed by atoms with Crippen LogP contribution in [0.5, 0.6) is 0 Å². The molecule has 0 bridgehead atoms. The van der Waals surface area contributed by atoms with Crippen LogP contribution in [0.4, 0.5) is 5.69 Å². The highest BCUT2D eigenvalue weighted by Gasteiger charge is 2.51. The number of rotatable bonds is 4. The number of carbonyl (C=O) groups is 1. The Hall–Kier alpha value is -1.35. The van der Waals surface area contributed by atoms with Crippen molar-refractivity contribution in [2.24, 2.45) is 5.41 Å². The van der Waals surface area contributed by atoms with E-state index in [2.05, 4.69) is 0 Å². The summed E-state index contributed by atoms with van der Waals surface area (Å²) in [4.78, 5) is 14.0. The Morgan fingerprint density at radius 3 is 2.44 bits per heavy atom. The second kappa shape index (κ2) is 4.26. The van der Waals surface area contributed by atoms with Crippen LogP contribution in [-0.2, 0) is 4.79 Å². The predicted octanol–water partition coefficient (Wildman–Crippen LogP) is 1.81.